The van der Waals surface area contributed by atoms with Crippen molar-refractivity contribution in [2.45, 2.75) is 84.0 Å². The molecule has 4 heteroatoms. The van der Waals surface area contributed by atoms with Gasteiger partial charge in [-0.1, -0.05) is 6.92 Å². The average Bonchev–Trinajstić information content (AvgIpc) is 2.38. The molecule has 1 N–H and O–H groups in total. The molecule has 0 aromatic heterocycles. The van der Waals surface area contributed by atoms with Gasteiger partial charge in [-0.15, -0.1) is 0 Å². The molecule has 122 valence electrons. The minimum absolute atomic E-state index is 0.140. The third-order valence-corrected chi connectivity index (χ3v) is 4.78. The van der Waals surface area contributed by atoms with Crippen molar-refractivity contribution < 1.29 is 14.6 Å². The topological polar surface area (TPSA) is 49.8 Å². The molecule has 21 heavy (non-hydrogen) atoms. The van der Waals surface area contributed by atoms with E-state index in [0.29, 0.717) is 17.9 Å². The van der Waals surface area contributed by atoms with Gasteiger partial charge in [0.1, 0.15) is 5.60 Å². The van der Waals surface area contributed by atoms with Gasteiger partial charge in [-0.3, -0.25) is 0 Å². The van der Waals surface area contributed by atoms with Crippen molar-refractivity contribution >= 4 is 6.09 Å². The van der Waals surface area contributed by atoms with Gasteiger partial charge in [0.25, 0.3) is 0 Å². The molecule has 2 fully saturated rings. The van der Waals surface area contributed by atoms with Crippen LogP contribution in [0.15, 0.2) is 0 Å². The molecule has 2 aliphatic rings. The normalized spacial score (nSPS) is 34.6. The van der Waals surface area contributed by atoms with Crippen LogP contribution in [0, 0.1) is 11.8 Å². The van der Waals surface area contributed by atoms with Crippen LogP contribution in [0.1, 0.15) is 66.2 Å². The Morgan fingerprint density at radius 2 is 1.71 bits per heavy atom. The van der Waals surface area contributed by atoms with Crippen molar-refractivity contribution in [2.24, 2.45) is 11.8 Å². The molecule has 0 aromatic rings. The highest BCUT2D eigenvalue weighted by Crippen LogP contribution is 2.35. The summed E-state index contributed by atoms with van der Waals surface area (Å²) in [5.41, 5.74) is -0.439. The maximum atomic E-state index is 12.5. The van der Waals surface area contributed by atoms with E-state index in [2.05, 4.69) is 6.92 Å². The van der Waals surface area contributed by atoms with E-state index in [0.717, 1.165) is 38.6 Å². The van der Waals surface area contributed by atoms with Gasteiger partial charge in [-0.25, -0.2) is 4.79 Å². The highest BCUT2D eigenvalue weighted by molar-refractivity contribution is 5.68. The van der Waals surface area contributed by atoms with E-state index in [1.54, 1.807) is 0 Å². The van der Waals surface area contributed by atoms with Gasteiger partial charge in [0.2, 0.25) is 0 Å². The van der Waals surface area contributed by atoms with Gasteiger partial charge in [-0.05, 0) is 71.1 Å². The second-order valence-corrected chi connectivity index (χ2v) is 7.95. The fraction of sp³-hybridized carbons (Fsp3) is 0.941. The lowest BCUT2D eigenvalue weighted by molar-refractivity contribution is -0.0136. The average molecular weight is 297 g/mol. The van der Waals surface area contributed by atoms with E-state index >= 15 is 0 Å². The Morgan fingerprint density at radius 3 is 2.29 bits per heavy atom. The molecular weight excluding hydrogens is 266 g/mol. The zero-order chi connectivity index (χ0) is 15.6. The first kappa shape index (κ1) is 16.6. The van der Waals surface area contributed by atoms with Gasteiger partial charge < -0.3 is 14.7 Å². The quantitative estimate of drug-likeness (QED) is 0.805. The molecule has 2 atom stereocenters. The Kier molecular flexibility index (Phi) is 5.18. The number of nitrogens with zero attached hydrogens (tertiary/aromatic N) is 1. The van der Waals surface area contributed by atoms with Gasteiger partial charge in [0.05, 0.1) is 6.10 Å². The van der Waals surface area contributed by atoms with Crippen LogP contribution in [-0.4, -0.2) is 40.4 Å². The van der Waals surface area contributed by atoms with Crippen molar-refractivity contribution in [2.75, 3.05) is 6.54 Å². The van der Waals surface area contributed by atoms with E-state index in [1.165, 1.54) is 6.42 Å². The van der Waals surface area contributed by atoms with Gasteiger partial charge in [-0.2, -0.15) is 0 Å². The third-order valence-electron chi connectivity index (χ3n) is 4.78. The van der Waals surface area contributed by atoms with Gasteiger partial charge in [0, 0.05) is 12.6 Å². The predicted molar refractivity (Wildman–Crippen MR) is 83.1 cm³/mol. The van der Waals surface area contributed by atoms with E-state index in [4.69, 9.17) is 4.74 Å². The first-order valence-electron chi connectivity index (χ1n) is 8.44. The van der Waals surface area contributed by atoms with Crippen LogP contribution in [0.5, 0.6) is 0 Å². The summed E-state index contributed by atoms with van der Waals surface area (Å²) in [4.78, 5) is 14.5. The first-order chi connectivity index (χ1) is 9.76. The highest BCUT2D eigenvalue weighted by Gasteiger charge is 2.38. The number of likely N-dealkylation sites (tertiary alicyclic amines) is 1. The molecule has 1 heterocycles. The fourth-order valence-corrected chi connectivity index (χ4v) is 3.68. The summed E-state index contributed by atoms with van der Waals surface area (Å²) in [6.45, 7) is 8.77. The summed E-state index contributed by atoms with van der Waals surface area (Å²) in [5.74, 6) is 1.07. The highest BCUT2D eigenvalue weighted by atomic mass is 16.6. The minimum atomic E-state index is -0.439. The molecule has 0 spiro atoms. The lowest BCUT2D eigenvalue weighted by Gasteiger charge is -2.44. The molecule has 4 nitrogen and oxygen atoms in total. The van der Waals surface area contributed by atoms with Gasteiger partial charge >= 0.3 is 6.09 Å². The summed E-state index contributed by atoms with van der Waals surface area (Å²) < 4.78 is 5.61. The molecule has 1 saturated heterocycles. The van der Waals surface area contributed by atoms with E-state index in [9.17, 15) is 9.90 Å². The Balaban J connectivity index is 2.04. The summed E-state index contributed by atoms with van der Waals surface area (Å²) in [7, 11) is 0. The predicted octanol–water partition coefficient (Wildman–Crippen LogP) is 3.57. The number of hydrogen-bond acceptors (Lipinski definition) is 3. The zero-order valence-electron chi connectivity index (χ0n) is 14.0. The SMILES string of the molecule is C[C@@H]1CC[C@@H](C2CCC(O)CC2)N(C(=O)OC(C)(C)C)C1. The molecule has 1 aliphatic heterocycles. The fourth-order valence-electron chi connectivity index (χ4n) is 3.68. The Hall–Kier alpha value is -0.770. The molecule has 0 unspecified atom stereocenters. The molecule has 0 bridgehead atoms. The number of piperidine rings is 1. The van der Waals surface area contributed by atoms with Crippen molar-refractivity contribution in [3.63, 3.8) is 0 Å². The minimum Gasteiger partial charge on any atom is -0.444 e. The number of carbonyl (C=O) groups is 1. The Bertz CT molecular complexity index is 356. The maximum absolute atomic E-state index is 12.5. The number of ether oxygens (including phenoxy) is 1. The summed E-state index contributed by atoms with van der Waals surface area (Å²) >= 11 is 0. The maximum Gasteiger partial charge on any atom is 0.410 e. The molecule has 1 aliphatic carbocycles. The zero-order valence-corrected chi connectivity index (χ0v) is 14.0. The van der Waals surface area contributed by atoms with Crippen LogP contribution in [0.2, 0.25) is 0 Å². The lowest BCUT2D eigenvalue weighted by atomic mass is 9.78. The van der Waals surface area contributed by atoms with E-state index < -0.39 is 5.60 Å². The lowest BCUT2D eigenvalue weighted by Crippen LogP contribution is -2.52. The van der Waals surface area contributed by atoms with Crippen LogP contribution in [-0.2, 0) is 4.74 Å². The van der Waals surface area contributed by atoms with Crippen LogP contribution in [0.4, 0.5) is 4.79 Å². The molecule has 0 radical (unpaired) electrons. The summed E-state index contributed by atoms with van der Waals surface area (Å²) in [6.07, 6.45) is 5.75. The summed E-state index contributed by atoms with van der Waals surface area (Å²) in [5, 5.41) is 9.69. The number of carbonyl (C=O) groups excluding carboxylic acids is 1. The molecule has 1 amide bonds. The Labute approximate surface area is 128 Å². The second kappa shape index (κ2) is 6.55. The standard InChI is InChI=1S/C17H31NO3/c1-12-5-10-15(13-6-8-14(19)9-7-13)18(11-12)16(20)21-17(2,3)4/h12-15,19H,5-11H2,1-4H3/t12-,13?,14?,15+/m1/s1. The monoisotopic (exact) mass is 297 g/mol. The second-order valence-electron chi connectivity index (χ2n) is 7.95. The number of hydrogen-bond donors (Lipinski definition) is 1. The largest absolute Gasteiger partial charge is 0.444 e. The summed E-state index contributed by atoms with van der Waals surface area (Å²) in [6, 6.07) is 0.295. The van der Waals surface area contributed by atoms with Gasteiger partial charge in [0.15, 0.2) is 0 Å². The van der Waals surface area contributed by atoms with E-state index in [-0.39, 0.29) is 12.2 Å². The number of rotatable bonds is 1. The van der Waals surface area contributed by atoms with Crippen molar-refractivity contribution in [3.05, 3.63) is 0 Å². The van der Waals surface area contributed by atoms with Crippen LogP contribution in [0.25, 0.3) is 0 Å². The van der Waals surface area contributed by atoms with E-state index in [1.807, 2.05) is 25.7 Å². The Morgan fingerprint density at radius 1 is 1.10 bits per heavy atom. The van der Waals surface area contributed by atoms with Crippen molar-refractivity contribution in [1.29, 1.82) is 0 Å². The van der Waals surface area contributed by atoms with Crippen LogP contribution < -0.4 is 0 Å². The van der Waals surface area contributed by atoms with Crippen LogP contribution in [0.3, 0.4) is 0 Å². The van der Waals surface area contributed by atoms with Crippen molar-refractivity contribution in [3.8, 4) is 0 Å². The molecular formula is C17H31NO3. The number of aliphatic hydroxyl groups excluding tert-OH is 1. The van der Waals surface area contributed by atoms with Crippen molar-refractivity contribution in [1.82, 2.24) is 4.90 Å². The smallest absolute Gasteiger partial charge is 0.410 e. The van der Waals surface area contributed by atoms with Crippen LogP contribution >= 0.6 is 0 Å². The molecule has 1 saturated carbocycles. The molecule has 2 rings (SSSR count). The first-order valence-corrected chi connectivity index (χ1v) is 8.44. The third kappa shape index (κ3) is 4.60. The molecule has 0 aromatic carbocycles. The number of aliphatic hydroxyl groups is 1. The number of amides is 1.